The van der Waals surface area contributed by atoms with Crippen molar-refractivity contribution in [3.05, 3.63) is 23.0 Å². The van der Waals surface area contributed by atoms with Crippen LogP contribution in [0.15, 0.2) is 23.0 Å². The molecule has 1 N–H and O–H groups in total. The van der Waals surface area contributed by atoms with Gasteiger partial charge >= 0.3 is 91.9 Å². The van der Waals surface area contributed by atoms with Crippen molar-refractivity contribution in [3.63, 3.8) is 0 Å². The van der Waals surface area contributed by atoms with E-state index in [9.17, 15) is 0 Å². The molecule has 0 aliphatic carbocycles. The fraction of sp³-hybridized carbons (Fsp3) is 0.545. The van der Waals surface area contributed by atoms with Gasteiger partial charge in [0.2, 0.25) is 0 Å². The van der Waals surface area contributed by atoms with Gasteiger partial charge in [-0.3, -0.25) is 0 Å². The Morgan fingerprint density at radius 2 is 1.69 bits per heavy atom. The molecule has 74 valence electrons. The first-order valence-corrected chi connectivity index (χ1v) is 6.01. The average molecular weight is 350 g/mol. The average Bonchev–Trinajstić information content (AvgIpc) is 2.01. The quantitative estimate of drug-likeness (QED) is 0.599. The maximum atomic E-state index is 8.91. The van der Waals surface area contributed by atoms with Crippen LogP contribution < -0.4 is 0 Å². The van der Waals surface area contributed by atoms with Crippen LogP contribution in [0.5, 0.6) is 0 Å². The second-order valence-corrected chi connectivity index (χ2v) is 5.07. The second kappa shape index (κ2) is 4.90. The van der Waals surface area contributed by atoms with Gasteiger partial charge in [0.15, 0.2) is 0 Å². The number of aliphatic hydroxyl groups excluding tert-OH is 1. The molecule has 0 heterocycles. The molecule has 0 saturated carbocycles. The van der Waals surface area contributed by atoms with Gasteiger partial charge in [0, 0.05) is 0 Å². The molecule has 0 radical (unpaired) electrons. The van der Waals surface area contributed by atoms with Crippen molar-refractivity contribution in [2.24, 2.45) is 5.41 Å². The molecule has 0 aromatic rings. The molecule has 0 bridgehead atoms. The van der Waals surface area contributed by atoms with E-state index in [4.69, 9.17) is 5.11 Å². The van der Waals surface area contributed by atoms with E-state index in [1.807, 2.05) is 6.92 Å². The minimum atomic E-state index is 0.163. The summed E-state index contributed by atoms with van der Waals surface area (Å²) >= 11 is 1.45. The van der Waals surface area contributed by atoms with Crippen molar-refractivity contribution >= 4 is 4.40 Å². The van der Waals surface area contributed by atoms with Crippen LogP contribution in [0.2, 0.25) is 0 Å². The van der Waals surface area contributed by atoms with Crippen molar-refractivity contribution in [1.82, 2.24) is 0 Å². The molecular weight excluding hydrogens is 332 g/mol. The summed E-state index contributed by atoms with van der Waals surface area (Å²) in [4.78, 5) is 0. The Bertz CT molecular complexity index is 254. The molecule has 0 saturated heterocycles. The monoisotopic (exact) mass is 350 g/mol. The molecule has 0 aliphatic heterocycles. The van der Waals surface area contributed by atoms with E-state index in [1.165, 1.54) is 36.8 Å². The van der Waals surface area contributed by atoms with Crippen LogP contribution in [0.25, 0.3) is 0 Å². The summed E-state index contributed by atoms with van der Waals surface area (Å²) in [6.07, 6.45) is 1.18. The van der Waals surface area contributed by atoms with E-state index in [2.05, 4.69) is 32.1 Å². The summed E-state index contributed by atoms with van der Waals surface area (Å²) in [5.74, 6) is 0. The van der Waals surface area contributed by atoms with E-state index in [0.717, 1.165) is 5.57 Å². The summed E-state index contributed by atoms with van der Waals surface area (Å²) in [6.45, 7) is 10.6. The number of allylic oxidation sites excluding steroid dienone is 3. The molecule has 0 aromatic carbocycles. The molecule has 0 aliphatic rings. The van der Waals surface area contributed by atoms with Crippen LogP contribution in [0.3, 0.4) is 0 Å². The zero-order valence-electron chi connectivity index (χ0n) is 9.01. The van der Waals surface area contributed by atoms with Crippen molar-refractivity contribution in [1.29, 1.82) is 0 Å². The molecule has 0 aromatic heterocycles. The van der Waals surface area contributed by atoms with Gasteiger partial charge in [-0.15, -0.1) is 0 Å². The Hall–Kier alpha value is -0.162. The summed E-state index contributed by atoms with van der Waals surface area (Å²) in [5, 5.41) is 8.91. The Kier molecular flexibility index (Phi) is 4.84. The predicted octanol–water partition coefficient (Wildman–Crippen LogP) is 3.16. The Morgan fingerprint density at radius 3 is 1.92 bits per heavy atom. The molecule has 2 heteroatoms. The van der Waals surface area contributed by atoms with Crippen molar-refractivity contribution < 1.29 is 24.5 Å². The van der Waals surface area contributed by atoms with Crippen LogP contribution >= 0.6 is 0 Å². The molecule has 0 fully saturated rings. The van der Waals surface area contributed by atoms with Gasteiger partial charge in [0.1, 0.15) is 0 Å². The molecule has 0 unspecified atom stereocenters. The van der Waals surface area contributed by atoms with Gasteiger partial charge in [-0.1, -0.05) is 0 Å². The van der Waals surface area contributed by atoms with Gasteiger partial charge in [-0.05, 0) is 0 Å². The summed E-state index contributed by atoms with van der Waals surface area (Å²) < 4.78 is 2.20. The van der Waals surface area contributed by atoms with Crippen molar-refractivity contribution in [3.8, 4) is 0 Å². The second-order valence-electron chi connectivity index (χ2n) is 4.22. The van der Waals surface area contributed by atoms with Gasteiger partial charge in [0.25, 0.3) is 0 Å². The standard InChI is InChI=1S/C11H18O.W/c1-8(7-12)9(2)10(3)11(4,5)6;/h3,7,12H,1-2,4-6H3;/b8-7?,10-9+;. The van der Waals surface area contributed by atoms with Gasteiger partial charge in [-0.25, -0.2) is 0 Å². The first kappa shape index (κ1) is 12.8. The maximum absolute atomic E-state index is 8.91. The van der Waals surface area contributed by atoms with Gasteiger partial charge < -0.3 is 0 Å². The fourth-order valence-corrected chi connectivity index (χ4v) is 3.04. The topological polar surface area (TPSA) is 20.2 Å². The summed E-state index contributed by atoms with van der Waals surface area (Å²) in [7, 11) is 0. The van der Waals surface area contributed by atoms with E-state index in [1.54, 1.807) is 0 Å². The van der Waals surface area contributed by atoms with Crippen LogP contribution in [0, 0.1) is 5.41 Å². The molecule has 0 amide bonds. The Morgan fingerprint density at radius 1 is 1.23 bits per heavy atom. The molecule has 13 heavy (non-hydrogen) atoms. The van der Waals surface area contributed by atoms with E-state index >= 15 is 0 Å². The van der Waals surface area contributed by atoms with Crippen LogP contribution in [-0.4, -0.2) is 9.51 Å². The van der Waals surface area contributed by atoms with E-state index in [-0.39, 0.29) is 5.41 Å². The minimum absolute atomic E-state index is 0.163. The summed E-state index contributed by atoms with van der Waals surface area (Å²) in [5.41, 5.74) is 3.62. The van der Waals surface area contributed by atoms with Gasteiger partial charge in [-0.2, -0.15) is 0 Å². The Balaban J connectivity index is 5.27. The third kappa shape index (κ3) is 3.60. The predicted molar refractivity (Wildman–Crippen MR) is 54.6 cm³/mol. The molecule has 0 rings (SSSR count). The fourth-order valence-electron chi connectivity index (χ4n) is 1.14. The molecule has 1 nitrogen and oxygen atoms in total. The molecule has 0 atom stereocenters. The number of aliphatic hydroxyl groups is 1. The third-order valence-corrected chi connectivity index (χ3v) is 2.96. The summed E-state index contributed by atoms with van der Waals surface area (Å²) in [6, 6.07) is 0. The van der Waals surface area contributed by atoms with Crippen molar-refractivity contribution in [2.45, 2.75) is 34.6 Å². The van der Waals surface area contributed by atoms with Crippen LogP contribution in [0.1, 0.15) is 34.6 Å². The normalized spacial score (nSPS) is 15.3. The molecule has 0 spiro atoms. The van der Waals surface area contributed by atoms with Crippen LogP contribution in [-0.2, 0) is 19.4 Å². The Labute approximate surface area is 92.0 Å². The molecular formula is C11H18OW. The zero-order chi connectivity index (χ0) is 10.6. The first-order chi connectivity index (χ1) is 5.84. The van der Waals surface area contributed by atoms with Crippen LogP contribution in [0.4, 0.5) is 0 Å². The van der Waals surface area contributed by atoms with E-state index < -0.39 is 0 Å². The number of hydrogen-bond acceptors (Lipinski definition) is 1. The van der Waals surface area contributed by atoms with Gasteiger partial charge in [0.05, 0.1) is 0 Å². The van der Waals surface area contributed by atoms with Crippen molar-refractivity contribution in [2.75, 3.05) is 0 Å². The zero-order valence-corrected chi connectivity index (χ0v) is 11.9. The number of rotatable bonds is 2. The third-order valence-electron chi connectivity index (χ3n) is 2.12. The SMILES string of the molecule is CC(=CO)/C(C)=C(\[CH]=[W])C(C)(C)C. The first-order valence-electron chi connectivity index (χ1n) is 4.32. The number of hydrogen-bond donors (Lipinski definition) is 1. The van der Waals surface area contributed by atoms with E-state index in [0.29, 0.717) is 0 Å².